The summed E-state index contributed by atoms with van der Waals surface area (Å²) in [4.78, 5) is 51.9. The molecule has 4 rings (SSSR count). The first-order chi connectivity index (χ1) is 19.0. The van der Waals surface area contributed by atoms with Crippen molar-refractivity contribution in [3.05, 3.63) is 86.4 Å². The van der Waals surface area contributed by atoms with Crippen LogP contribution in [-0.2, 0) is 14.4 Å². The molecule has 1 aliphatic heterocycles. The number of halogens is 2. The normalized spacial score (nSPS) is 14.3. The zero-order chi connectivity index (χ0) is 29.1. The van der Waals surface area contributed by atoms with Crippen LogP contribution in [0.5, 0.6) is 11.5 Å². The lowest BCUT2D eigenvalue weighted by atomic mass is 10.1. The summed E-state index contributed by atoms with van der Waals surface area (Å²) in [5.74, 6) is -1.83. The lowest BCUT2D eigenvalue weighted by Crippen LogP contribution is -2.54. The van der Waals surface area contributed by atoms with Crippen molar-refractivity contribution in [2.45, 2.75) is 20.8 Å². The Morgan fingerprint density at radius 1 is 1.00 bits per heavy atom. The highest BCUT2D eigenvalue weighted by molar-refractivity contribution is 6.40. The number of anilines is 2. The van der Waals surface area contributed by atoms with Crippen molar-refractivity contribution in [3.63, 3.8) is 0 Å². The third-order valence-corrected chi connectivity index (χ3v) is 6.61. The Kier molecular flexibility index (Phi) is 8.46. The van der Waals surface area contributed by atoms with Gasteiger partial charge in [0.1, 0.15) is 5.57 Å². The van der Waals surface area contributed by atoms with E-state index in [1.165, 1.54) is 31.4 Å². The largest absolute Gasteiger partial charge is 0.493 e. The summed E-state index contributed by atoms with van der Waals surface area (Å²) in [6, 6.07) is 12.5. The fourth-order valence-corrected chi connectivity index (χ4v) is 4.46. The second kappa shape index (κ2) is 11.8. The number of benzene rings is 3. The lowest BCUT2D eigenvalue weighted by Gasteiger charge is -2.27. The Bertz CT molecular complexity index is 1580. The minimum Gasteiger partial charge on any atom is -0.493 e. The Labute approximate surface area is 240 Å². The molecule has 40 heavy (non-hydrogen) atoms. The molecule has 3 aromatic carbocycles. The van der Waals surface area contributed by atoms with Gasteiger partial charge in [-0.15, -0.1) is 0 Å². The lowest BCUT2D eigenvalue weighted by molar-refractivity contribution is -0.122. The van der Waals surface area contributed by atoms with Gasteiger partial charge in [-0.2, -0.15) is 0 Å². The maximum Gasteiger partial charge on any atom is 0.335 e. The Balaban J connectivity index is 1.58. The molecular formula is C29H25Cl2N3O6. The number of amides is 5. The Hall–Kier alpha value is -4.34. The number of barbiturate groups is 1. The van der Waals surface area contributed by atoms with Crippen LogP contribution in [-0.4, -0.2) is 37.5 Å². The number of hydrogen-bond donors (Lipinski definition) is 2. The van der Waals surface area contributed by atoms with E-state index >= 15 is 0 Å². The average Bonchev–Trinajstić information content (AvgIpc) is 2.89. The van der Waals surface area contributed by atoms with Crippen LogP contribution in [0.1, 0.15) is 22.3 Å². The van der Waals surface area contributed by atoms with Gasteiger partial charge in [0.25, 0.3) is 17.7 Å². The Morgan fingerprint density at radius 2 is 1.73 bits per heavy atom. The van der Waals surface area contributed by atoms with Gasteiger partial charge in [0, 0.05) is 10.7 Å². The van der Waals surface area contributed by atoms with Crippen molar-refractivity contribution in [2.75, 3.05) is 23.9 Å². The molecule has 1 saturated heterocycles. The summed E-state index contributed by atoms with van der Waals surface area (Å²) in [6.45, 7) is 5.16. The highest BCUT2D eigenvalue weighted by Crippen LogP contribution is 2.37. The van der Waals surface area contributed by atoms with E-state index in [0.29, 0.717) is 21.8 Å². The van der Waals surface area contributed by atoms with Crippen LogP contribution in [0.2, 0.25) is 10.0 Å². The minimum absolute atomic E-state index is 0.0769. The van der Waals surface area contributed by atoms with Gasteiger partial charge >= 0.3 is 6.03 Å². The molecule has 1 heterocycles. The highest BCUT2D eigenvalue weighted by Gasteiger charge is 2.37. The van der Waals surface area contributed by atoms with Crippen LogP contribution >= 0.6 is 23.2 Å². The van der Waals surface area contributed by atoms with Crippen molar-refractivity contribution in [3.8, 4) is 11.5 Å². The van der Waals surface area contributed by atoms with Gasteiger partial charge in [-0.1, -0.05) is 41.4 Å². The number of carbonyl (C=O) groups excluding carboxylic acids is 4. The van der Waals surface area contributed by atoms with Gasteiger partial charge < -0.3 is 14.8 Å². The SMILES string of the molecule is COc1cc(/C=C2\C(=O)NC(=O)N(c3cc(Cl)ccc3C)C2=O)cc(Cl)c1OCC(=O)Nc1cc(C)ccc1C. The zero-order valence-electron chi connectivity index (χ0n) is 22.1. The van der Waals surface area contributed by atoms with Gasteiger partial charge in [-0.25, -0.2) is 9.69 Å². The van der Waals surface area contributed by atoms with Gasteiger partial charge in [0.2, 0.25) is 0 Å². The molecule has 0 aromatic heterocycles. The number of aryl methyl sites for hydroxylation is 3. The predicted octanol–water partition coefficient (Wildman–Crippen LogP) is 5.61. The monoisotopic (exact) mass is 581 g/mol. The van der Waals surface area contributed by atoms with Gasteiger partial charge in [0.05, 0.1) is 17.8 Å². The second-order valence-corrected chi connectivity index (χ2v) is 9.92. The van der Waals surface area contributed by atoms with Crippen molar-refractivity contribution in [2.24, 2.45) is 0 Å². The standard InChI is InChI=1S/C29H25Cl2N3O6/c1-15-5-6-16(2)22(9-15)32-25(35)14-40-26-21(31)11-18(12-24(26)39-4)10-20-27(36)33-29(38)34(28(20)37)23-13-19(30)8-7-17(23)3/h5-13H,14H2,1-4H3,(H,32,35)(H,33,36,38)/b20-10+. The molecule has 206 valence electrons. The first-order valence-corrected chi connectivity index (χ1v) is 12.8. The smallest absolute Gasteiger partial charge is 0.335 e. The van der Waals surface area contributed by atoms with E-state index < -0.39 is 23.8 Å². The first-order valence-electron chi connectivity index (χ1n) is 12.0. The third-order valence-electron chi connectivity index (χ3n) is 6.09. The number of hydrogen-bond acceptors (Lipinski definition) is 6. The molecule has 9 nitrogen and oxygen atoms in total. The molecule has 1 fully saturated rings. The maximum absolute atomic E-state index is 13.3. The molecule has 0 bridgehead atoms. The number of urea groups is 1. The van der Waals surface area contributed by atoms with Gasteiger partial charge in [-0.05, 0) is 79.4 Å². The van der Waals surface area contributed by atoms with Crippen molar-refractivity contribution >= 4 is 64.4 Å². The maximum atomic E-state index is 13.3. The van der Waals surface area contributed by atoms with Crippen LogP contribution in [0.25, 0.3) is 6.08 Å². The first kappa shape index (κ1) is 28.7. The number of carbonyl (C=O) groups is 4. The van der Waals surface area contributed by atoms with E-state index in [9.17, 15) is 19.2 Å². The van der Waals surface area contributed by atoms with Gasteiger partial charge in [0.15, 0.2) is 18.1 Å². The molecule has 3 aromatic rings. The van der Waals surface area contributed by atoms with E-state index in [-0.39, 0.29) is 34.4 Å². The zero-order valence-corrected chi connectivity index (χ0v) is 23.6. The van der Waals surface area contributed by atoms with E-state index in [0.717, 1.165) is 16.0 Å². The number of ether oxygens (including phenoxy) is 2. The Morgan fingerprint density at radius 3 is 2.45 bits per heavy atom. The van der Waals surface area contributed by atoms with Crippen LogP contribution in [0, 0.1) is 20.8 Å². The van der Waals surface area contributed by atoms with Crippen LogP contribution in [0.3, 0.4) is 0 Å². The quantitative estimate of drug-likeness (QED) is 0.277. The molecule has 0 radical (unpaired) electrons. The molecule has 5 amide bonds. The fraction of sp³-hybridized carbons (Fsp3) is 0.172. The van der Waals surface area contributed by atoms with Crippen LogP contribution in [0.4, 0.5) is 16.2 Å². The number of nitrogens with one attached hydrogen (secondary N) is 2. The molecule has 1 aliphatic rings. The molecule has 0 aliphatic carbocycles. The van der Waals surface area contributed by atoms with Crippen molar-refractivity contribution < 1.29 is 28.7 Å². The molecule has 11 heteroatoms. The summed E-state index contributed by atoms with van der Waals surface area (Å²) in [5, 5.41) is 5.37. The molecule has 0 spiro atoms. The number of rotatable bonds is 7. The third kappa shape index (κ3) is 6.11. The molecular weight excluding hydrogens is 557 g/mol. The number of nitrogens with zero attached hydrogens (tertiary/aromatic N) is 1. The second-order valence-electron chi connectivity index (χ2n) is 9.08. The number of methoxy groups -OCH3 is 1. The highest BCUT2D eigenvalue weighted by atomic mass is 35.5. The fourth-order valence-electron chi connectivity index (χ4n) is 4.02. The minimum atomic E-state index is -0.893. The van der Waals surface area contributed by atoms with Crippen molar-refractivity contribution in [1.82, 2.24) is 5.32 Å². The summed E-state index contributed by atoms with van der Waals surface area (Å²) in [6.07, 6.45) is 1.28. The summed E-state index contributed by atoms with van der Waals surface area (Å²) in [7, 11) is 1.38. The van der Waals surface area contributed by atoms with Crippen LogP contribution < -0.4 is 25.0 Å². The topological polar surface area (TPSA) is 114 Å². The van der Waals surface area contributed by atoms with E-state index in [2.05, 4.69) is 10.6 Å². The van der Waals surface area contributed by atoms with Crippen molar-refractivity contribution in [1.29, 1.82) is 0 Å². The summed E-state index contributed by atoms with van der Waals surface area (Å²) < 4.78 is 11.1. The molecule has 0 saturated carbocycles. The summed E-state index contributed by atoms with van der Waals surface area (Å²) >= 11 is 12.5. The van der Waals surface area contributed by atoms with E-state index in [1.54, 1.807) is 19.1 Å². The molecule has 0 unspecified atom stereocenters. The van der Waals surface area contributed by atoms with E-state index in [1.807, 2.05) is 32.0 Å². The molecule has 0 atom stereocenters. The summed E-state index contributed by atoms with van der Waals surface area (Å²) in [5.41, 5.74) is 3.43. The average molecular weight is 582 g/mol. The van der Waals surface area contributed by atoms with E-state index in [4.69, 9.17) is 32.7 Å². The number of imide groups is 2. The molecule has 2 N–H and O–H groups in total. The van der Waals surface area contributed by atoms with Gasteiger partial charge in [-0.3, -0.25) is 19.7 Å². The predicted molar refractivity (Wildman–Crippen MR) is 153 cm³/mol. The van der Waals surface area contributed by atoms with Crippen LogP contribution in [0.15, 0.2) is 54.1 Å².